The van der Waals surface area contributed by atoms with Gasteiger partial charge in [0.25, 0.3) is 5.91 Å². The summed E-state index contributed by atoms with van der Waals surface area (Å²) in [5.74, 6) is -0.434. The molecule has 1 aromatic heterocycles. The van der Waals surface area contributed by atoms with Crippen molar-refractivity contribution in [3.05, 3.63) is 83.6 Å². The molecule has 5 heteroatoms. The predicted molar refractivity (Wildman–Crippen MR) is 122 cm³/mol. The van der Waals surface area contributed by atoms with E-state index in [1.807, 2.05) is 30.4 Å². The lowest BCUT2D eigenvalue weighted by atomic mass is 9.72. The lowest BCUT2D eigenvalue weighted by Crippen LogP contribution is -2.43. The highest BCUT2D eigenvalue weighted by Crippen LogP contribution is 2.40. The topological polar surface area (TPSA) is 80.4 Å². The van der Waals surface area contributed by atoms with Crippen LogP contribution in [0, 0.1) is 5.92 Å². The fourth-order valence-electron chi connectivity index (χ4n) is 4.70. The minimum Gasteiger partial charge on any atom is -0.321 e. The monoisotopic (exact) mass is 406 g/mol. The Kier molecular flexibility index (Phi) is 3.95. The lowest BCUT2D eigenvalue weighted by Gasteiger charge is -2.38. The van der Waals surface area contributed by atoms with E-state index in [1.54, 1.807) is 0 Å². The van der Waals surface area contributed by atoms with Crippen LogP contribution in [-0.4, -0.2) is 16.6 Å². The van der Waals surface area contributed by atoms with Crippen molar-refractivity contribution in [3.63, 3.8) is 0 Å². The summed E-state index contributed by atoms with van der Waals surface area (Å²) in [7, 11) is 0. The van der Waals surface area contributed by atoms with Gasteiger partial charge in [-0.25, -0.2) is 10.4 Å². The molecule has 2 heterocycles. The number of amides is 1. The van der Waals surface area contributed by atoms with Crippen molar-refractivity contribution in [2.75, 3.05) is 0 Å². The summed E-state index contributed by atoms with van der Waals surface area (Å²) in [5.41, 5.74) is 16.7. The number of hydrogen-bond acceptors (Lipinski definition) is 4. The first kappa shape index (κ1) is 18.2. The van der Waals surface area contributed by atoms with E-state index >= 15 is 0 Å². The molecule has 1 fully saturated rings. The number of nitrogens with two attached hydrogens (primary N) is 1. The Morgan fingerprint density at radius 1 is 0.968 bits per heavy atom. The van der Waals surface area contributed by atoms with Crippen LogP contribution in [0.2, 0.25) is 0 Å². The van der Waals surface area contributed by atoms with Crippen molar-refractivity contribution in [2.45, 2.75) is 24.8 Å². The zero-order chi connectivity index (χ0) is 21.0. The molecule has 1 atom stereocenters. The Bertz CT molecular complexity index is 1250. The van der Waals surface area contributed by atoms with Crippen molar-refractivity contribution in [2.24, 2.45) is 16.8 Å². The first-order valence-corrected chi connectivity index (χ1v) is 10.7. The van der Waals surface area contributed by atoms with Crippen LogP contribution in [0.1, 0.15) is 36.1 Å². The van der Waals surface area contributed by atoms with Crippen molar-refractivity contribution < 1.29 is 4.79 Å². The summed E-state index contributed by atoms with van der Waals surface area (Å²) in [5, 5.41) is 4.28. The Morgan fingerprint density at radius 3 is 2.45 bits per heavy atom. The summed E-state index contributed by atoms with van der Waals surface area (Å²) in [6.07, 6.45) is 7.08. The van der Waals surface area contributed by atoms with Crippen LogP contribution in [0.4, 0.5) is 0 Å². The van der Waals surface area contributed by atoms with Crippen molar-refractivity contribution >= 4 is 17.7 Å². The Hall–Kier alpha value is -3.57. The lowest BCUT2D eigenvalue weighted by molar-refractivity contribution is -0.121. The van der Waals surface area contributed by atoms with Gasteiger partial charge in [-0.3, -0.25) is 4.79 Å². The van der Waals surface area contributed by atoms with Crippen molar-refractivity contribution in [3.8, 4) is 22.4 Å². The third-order valence-corrected chi connectivity index (χ3v) is 6.70. The van der Waals surface area contributed by atoms with Gasteiger partial charge in [-0.15, -0.1) is 0 Å². The Labute approximate surface area is 180 Å². The molecule has 1 amide bonds. The molecule has 152 valence electrons. The first-order valence-electron chi connectivity index (χ1n) is 10.7. The highest BCUT2D eigenvalue weighted by Gasteiger charge is 2.35. The minimum atomic E-state index is -0.341. The van der Waals surface area contributed by atoms with Gasteiger partial charge in [-0.1, -0.05) is 60.7 Å². The van der Waals surface area contributed by atoms with E-state index in [2.05, 4.69) is 53.0 Å². The minimum absolute atomic E-state index is 0.0930. The molecule has 31 heavy (non-hydrogen) atoms. The molecule has 2 aliphatic carbocycles. The van der Waals surface area contributed by atoms with Crippen LogP contribution >= 0.6 is 0 Å². The Morgan fingerprint density at radius 2 is 1.74 bits per heavy atom. The van der Waals surface area contributed by atoms with Crippen molar-refractivity contribution in [1.29, 1.82) is 0 Å². The van der Waals surface area contributed by atoms with Crippen LogP contribution in [0.25, 0.3) is 28.5 Å². The van der Waals surface area contributed by atoms with E-state index in [-0.39, 0.29) is 17.4 Å². The molecule has 0 saturated heterocycles. The molecule has 3 aliphatic rings. The van der Waals surface area contributed by atoms with E-state index in [4.69, 9.17) is 10.7 Å². The maximum atomic E-state index is 12.1. The fraction of sp³-hybridized carbons (Fsp3) is 0.192. The maximum Gasteiger partial charge on any atom is 0.253 e. The molecule has 6 rings (SSSR count). The largest absolute Gasteiger partial charge is 0.321 e. The predicted octanol–water partition coefficient (Wildman–Crippen LogP) is 4.23. The average molecular weight is 406 g/mol. The first-order chi connectivity index (χ1) is 15.1. The summed E-state index contributed by atoms with van der Waals surface area (Å²) < 4.78 is 0. The van der Waals surface area contributed by atoms with Crippen LogP contribution < -0.4 is 11.2 Å². The summed E-state index contributed by atoms with van der Waals surface area (Å²) in [6, 6.07) is 20.9. The number of hydrogen-bond donors (Lipinski definition) is 2. The second-order valence-electron chi connectivity index (χ2n) is 8.58. The molecule has 5 nitrogen and oxygen atoms in total. The highest BCUT2D eigenvalue weighted by atomic mass is 16.2. The highest BCUT2D eigenvalue weighted by molar-refractivity contribution is 6.20. The number of carbonyl (C=O) groups excluding carboxylic acids is 1. The molecule has 0 radical (unpaired) electrons. The number of aromatic nitrogens is 1. The number of nitrogens with zero attached hydrogens (tertiary/aromatic N) is 2. The van der Waals surface area contributed by atoms with Crippen molar-refractivity contribution in [1.82, 2.24) is 10.4 Å². The average Bonchev–Trinajstić information content (AvgIpc) is 3.18. The normalized spacial score (nSPS) is 20.4. The SMILES string of the molecule is NC1(c2ccc(-c3nc4c(cc3-c3ccccc3)C3=NNC(=O)C3C=C4)cc2)CCC1. The summed E-state index contributed by atoms with van der Waals surface area (Å²) in [6.45, 7) is 0. The van der Waals surface area contributed by atoms with Crippen LogP contribution in [-0.2, 0) is 10.3 Å². The van der Waals surface area contributed by atoms with Gasteiger partial charge in [-0.2, -0.15) is 5.10 Å². The van der Waals surface area contributed by atoms with E-state index < -0.39 is 0 Å². The smallest absolute Gasteiger partial charge is 0.253 e. The second kappa shape index (κ2) is 6.72. The quantitative estimate of drug-likeness (QED) is 0.683. The molecular formula is C26H22N4O. The molecule has 1 aliphatic heterocycles. The Balaban J connectivity index is 1.51. The molecular weight excluding hydrogens is 384 g/mol. The van der Waals surface area contributed by atoms with Gasteiger partial charge in [0.1, 0.15) is 5.92 Å². The third-order valence-electron chi connectivity index (χ3n) is 6.70. The molecule has 0 spiro atoms. The maximum absolute atomic E-state index is 12.1. The van der Waals surface area contributed by atoms with E-state index in [0.717, 1.165) is 52.2 Å². The number of fused-ring (bicyclic) bond motifs is 3. The number of nitrogens with one attached hydrogen (secondary N) is 1. The van der Waals surface area contributed by atoms with E-state index in [9.17, 15) is 4.79 Å². The van der Waals surface area contributed by atoms with E-state index in [1.165, 1.54) is 12.0 Å². The number of carbonyl (C=O) groups is 1. The number of benzene rings is 2. The van der Waals surface area contributed by atoms with Gasteiger partial charge >= 0.3 is 0 Å². The summed E-state index contributed by atoms with van der Waals surface area (Å²) in [4.78, 5) is 17.1. The van der Waals surface area contributed by atoms with Gasteiger partial charge in [0.2, 0.25) is 0 Å². The molecule has 2 aromatic carbocycles. The molecule has 0 bridgehead atoms. The zero-order valence-electron chi connectivity index (χ0n) is 17.0. The fourth-order valence-corrected chi connectivity index (χ4v) is 4.70. The van der Waals surface area contributed by atoms with Gasteiger partial charge < -0.3 is 5.73 Å². The zero-order valence-corrected chi connectivity index (χ0v) is 17.0. The molecule has 1 unspecified atom stereocenters. The number of rotatable bonds is 3. The van der Waals surface area contributed by atoms with Gasteiger partial charge in [-0.05, 0) is 42.5 Å². The second-order valence-corrected chi connectivity index (χ2v) is 8.58. The molecule has 3 N–H and O–H groups in total. The van der Waals surface area contributed by atoms with Gasteiger partial charge in [0.05, 0.1) is 17.1 Å². The van der Waals surface area contributed by atoms with Crippen LogP contribution in [0.5, 0.6) is 0 Å². The number of hydrazone groups is 1. The molecule has 1 saturated carbocycles. The van der Waals surface area contributed by atoms with Crippen LogP contribution in [0.15, 0.2) is 71.8 Å². The van der Waals surface area contributed by atoms with Gasteiger partial charge in [0, 0.05) is 22.2 Å². The summed E-state index contributed by atoms with van der Waals surface area (Å²) >= 11 is 0. The third kappa shape index (κ3) is 2.85. The standard InChI is InChI=1S/C26H22N4O/c27-26(13-4-14-26)18-9-7-17(8-10-18)23-20(16-5-2-1-3-6-16)15-21-22(28-23)12-11-19-24(21)29-30-25(19)31/h1-3,5-12,15,19H,4,13-14,27H2,(H,30,31). The van der Waals surface area contributed by atoms with E-state index in [0.29, 0.717) is 0 Å². The molecule has 3 aromatic rings. The number of pyridine rings is 1. The van der Waals surface area contributed by atoms with Crippen LogP contribution in [0.3, 0.4) is 0 Å². The van der Waals surface area contributed by atoms with Gasteiger partial charge in [0.15, 0.2) is 0 Å².